The molecule has 0 fully saturated rings. The van der Waals surface area contributed by atoms with Crippen LogP contribution >= 0.6 is 35.0 Å². The Morgan fingerprint density at radius 2 is 1.89 bits per heavy atom. The Bertz CT molecular complexity index is 536. The summed E-state index contributed by atoms with van der Waals surface area (Å²) in [5.41, 5.74) is 7.31. The highest BCUT2D eigenvalue weighted by Gasteiger charge is 2.08. The zero-order valence-corrected chi connectivity index (χ0v) is 11.9. The van der Waals surface area contributed by atoms with Crippen molar-refractivity contribution in [3.8, 4) is 0 Å². The number of pyridine rings is 1. The van der Waals surface area contributed by atoms with Crippen molar-refractivity contribution >= 4 is 40.8 Å². The highest BCUT2D eigenvalue weighted by Crippen LogP contribution is 2.29. The minimum Gasteiger partial charge on any atom is -0.384 e. The summed E-state index contributed by atoms with van der Waals surface area (Å²) in [6, 6.07) is 1.72. The summed E-state index contributed by atoms with van der Waals surface area (Å²) in [7, 11) is 0. The fourth-order valence-electron chi connectivity index (χ4n) is 1.34. The van der Waals surface area contributed by atoms with E-state index in [0.29, 0.717) is 26.8 Å². The molecule has 2 heterocycles. The minimum atomic E-state index is 0.455. The summed E-state index contributed by atoms with van der Waals surface area (Å²) in [4.78, 5) is 12.3. The fourth-order valence-corrected chi connectivity index (χ4v) is 2.96. The first-order chi connectivity index (χ1) is 8.56. The minimum absolute atomic E-state index is 0.455. The molecule has 2 aromatic heterocycles. The summed E-state index contributed by atoms with van der Waals surface area (Å²) < 4.78 is 0. The number of aromatic nitrogens is 3. The lowest BCUT2D eigenvalue weighted by atomic mass is 10.3. The van der Waals surface area contributed by atoms with E-state index in [1.54, 1.807) is 18.5 Å². The number of nitrogens with zero attached hydrogens (tertiary/aromatic N) is 3. The summed E-state index contributed by atoms with van der Waals surface area (Å²) in [6.07, 6.45) is 3.13. The number of thioether (sulfide) groups is 1. The topological polar surface area (TPSA) is 64.7 Å². The van der Waals surface area contributed by atoms with Gasteiger partial charge in [0, 0.05) is 35.5 Å². The van der Waals surface area contributed by atoms with Crippen LogP contribution in [0.1, 0.15) is 11.3 Å². The van der Waals surface area contributed by atoms with Gasteiger partial charge < -0.3 is 5.73 Å². The maximum Gasteiger partial charge on any atom is 0.190 e. The lowest BCUT2D eigenvalue weighted by molar-refractivity contribution is 0.940. The smallest absolute Gasteiger partial charge is 0.190 e. The first kappa shape index (κ1) is 13.4. The van der Waals surface area contributed by atoms with Gasteiger partial charge in [-0.25, -0.2) is 9.97 Å². The Hall–Kier alpha value is -1.04. The van der Waals surface area contributed by atoms with Crippen LogP contribution in [0, 0.1) is 6.92 Å². The van der Waals surface area contributed by atoms with E-state index in [9.17, 15) is 0 Å². The summed E-state index contributed by atoms with van der Waals surface area (Å²) >= 11 is 13.5. The first-order valence-electron chi connectivity index (χ1n) is 5.08. The van der Waals surface area contributed by atoms with E-state index in [-0.39, 0.29) is 0 Å². The molecule has 0 aromatic carbocycles. The van der Waals surface area contributed by atoms with Crippen molar-refractivity contribution in [1.29, 1.82) is 0 Å². The Kier molecular flexibility index (Phi) is 4.27. The molecular formula is C11H10Cl2N4S. The predicted molar refractivity (Wildman–Crippen MR) is 75.0 cm³/mol. The molecule has 0 unspecified atom stereocenters. The van der Waals surface area contributed by atoms with E-state index in [0.717, 1.165) is 11.3 Å². The molecule has 0 saturated heterocycles. The molecule has 0 aliphatic carbocycles. The van der Waals surface area contributed by atoms with Crippen LogP contribution in [0.4, 0.5) is 5.82 Å². The Morgan fingerprint density at radius 3 is 2.50 bits per heavy atom. The van der Waals surface area contributed by atoms with Gasteiger partial charge in [-0.2, -0.15) is 0 Å². The van der Waals surface area contributed by atoms with Crippen molar-refractivity contribution in [3.63, 3.8) is 0 Å². The van der Waals surface area contributed by atoms with Crippen molar-refractivity contribution in [1.82, 2.24) is 15.0 Å². The highest BCUT2D eigenvalue weighted by atomic mass is 35.5. The Labute approximate surface area is 119 Å². The van der Waals surface area contributed by atoms with Crippen molar-refractivity contribution in [2.45, 2.75) is 17.8 Å². The molecule has 18 heavy (non-hydrogen) atoms. The molecule has 0 spiro atoms. The average Bonchev–Trinajstić information content (AvgIpc) is 2.27. The number of hydrogen-bond acceptors (Lipinski definition) is 5. The van der Waals surface area contributed by atoms with Crippen LogP contribution in [-0.4, -0.2) is 15.0 Å². The fraction of sp³-hybridized carbons (Fsp3) is 0.182. The van der Waals surface area contributed by atoms with E-state index in [1.807, 2.05) is 6.92 Å². The van der Waals surface area contributed by atoms with Gasteiger partial charge in [0.1, 0.15) is 5.82 Å². The van der Waals surface area contributed by atoms with Crippen molar-refractivity contribution < 1.29 is 0 Å². The number of nitrogens with two attached hydrogens (primary N) is 1. The van der Waals surface area contributed by atoms with Gasteiger partial charge >= 0.3 is 0 Å². The second-order valence-corrected chi connectivity index (χ2v) is 5.34. The van der Waals surface area contributed by atoms with E-state index in [4.69, 9.17) is 28.9 Å². The lowest BCUT2D eigenvalue weighted by Gasteiger charge is -2.06. The molecule has 0 amide bonds. The Balaban J connectivity index is 2.16. The van der Waals surface area contributed by atoms with Crippen LogP contribution in [0.25, 0.3) is 0 Å². The molecule has 0 bridgehead atoms. The van der Waals surface area contributed by atoms with Gasteiger partial charge in [-0.1, -0.05) is 35.0 Å². The third-order valence-electron chi connectivity index (χ3n) is 2.15. The standard InChI is InChI=1S/C11H10Cl2N4S/c1-6-2-10(14)17-11(16-6)18-5-7-8(12)3-15-4-9(7)13/h2-4H,5H2,1H3,(H2,14,16,17). The molecule has 2 aromatic rings. The SMILES string of the molecule is Cc1cc(N)nc(SCc2c(Cl)cncc2Cl)n1. The van der Waals surface area contributed by atoms with Crippen LogP contribution in [0.5, 0.6) is 0 Å². The van der Waals surface area contributed by atoms with Gasteiger partial charge in [-0.3, -0.25) is 4.98 Å². The molecule has 2 rings (SSSR count). The highest BCUT2D eigenvalue weighted by molar-refractivity contribution is 7.98. The second kappa shape index (κ2) is 5.73. The molecule has 0 aliphatic heterocycles. The predicted octanol–water partition coefficient (Wildman–Crippen LogP) is 3.36. The van der Waals surface area contributed by atoms with Crippen LogP contribution < -0.4 is 5.73 Å². The quantitative estimate of drug-likeness (QED) is 0.695. The van der Waals surface area contributed by atoms with Gasteiger partial charge in [0.25, 0.3) is 0 Å². The molecule has 0 aliphatic rings. The molecule has 0 atom stereocenters. The van der Waals surface area contributed by atoms with E-state index < -0.39 is 0 Å². The average molecular weight is 301 g/mol. The number of hydrogen-bond donors (Lipinski definition) is 1. The Morgan fingerprint density at radius 1 is 1.22 bits per heavy atom. The number of anilines is 1. The second-order valence-electron chi connectivity index (χ2n) is 3.59. The van der Waals surface area contributed by atoms with Crippen molar-refractivity contribution in [2.24, 2.45) is 0 Å². The number of rotatable bonds is 3. The molecule has 4 nitrogen and oxygen atoms in total. The van der Waals surface area contributed by atoms with Gasteiger partial charge in [0.05, 0.1) is 10.0 Å². The van der Waals surface area contributed by atoms with Crippen LogP contribution in [-0.2, 0) is 5.75 Å². The van der Waals surface area contributed by atoms with Gasteiger partial charge in [-0.15, -0.1) is 0 Å². The molecule has 7 heteroatoms. The van der Waals surface area contributed by atoms with Gasteiger partial charge in [0.2, 0.25) is 0 Å². The normalized spacial score (nSPS) is 10.6. The van der Waals surface area contributed by atoms with Gasteiger partial charge in [0.15, 0.2) is 5.16 Å². The molecule has 94 valence electrons. The third-order valence-corrected chi connectivity index (χ3v) is 3.68. The molecule has 0 radical (unpaired) electrons. The van der Waals surface area contributed by atoms with Crippen molar-refractivity contribution in [3.05, 3.63) is 39.8 Å². The first-order valence-corrected chi connectivity index (χ1v) is 6.82. The summed E-state index contributed by atoms with van der Waals surface area (Å²) in [5.74, 6) is 1.03. The third kappa shape index (κ3) is 3.25. The monoisotopic (exact) mass is 300 g/mol. The maximum absolute atomic E-state index is 6.03. The molecule has 2 N–H and O–H groups in total. The lowest BCUT2D eigenvalue weighted by Crippen LogP contribution is -1.97. The largest absolute Gasteiger partial charge is 0.384 e. The summed E-state index contributed by atoms with van der Waals surface area (Å²) in [6.45, 7) is 1.87. The summed E-state index contributed by atoms with van der Waals surface area (Å²) in [5, 5.41) is 1.68. The van der Waals surface area contributed by atoms with E-state index in [2.05, 4.69) is 15.0 Å². The number of nitrogen functional groups attached to an aromatic ring is 1. The van der Waals surface area contributed by atoms with Crippen molar-refractivity contribution in [2.75, 3.05) is 5.73 Å². The van der Waals surface area contributed by atoms with E-state index in [1.165, 1.54) is 11.8 Å². The number of aryl methyl sites for hydroxylation is 1. The molecule has 0 saturated carbocycles. The van der Waals surface area contributed by atoms with Crippen LogP contribution in [0.2, 0.25) is 10.0 Å². The van der Waals surface area contributed by atoms with Gasteiger partial charge in [-0.05, 0) is 6.92 Å². The van der Waals surface area contributed by atoms with Crippen LogP contribution in [0.3, 0.4) is 0 Å². The zero-order valence-electron chi connectivity index (χ0n) is 9.52. The number of halogens is 2. The van der Waals surface area contributed by atoms with Crippen LogP contribution in [0.15, 0.2) is 23.6 Å². The maximum atomic E-state index is 6.03. The molecular weight excluding hydrogens is 291 g/mol. The van der Waals surface area contributed by atoms with E-state index >= 15 is 0 Å². The zero-order chi connectivity index (χ0) is 13.1.